The Morgan fingerprint density at radius 1 is 0.833 bits per heavy atom. The second-order valence-corrected chi connectivity index (χ2v) is 6.98. The molecule has 0 amide bonds. The van der Waals surface area contributed by atoms with Gasteiger partial charge in [-0.25, -0.2) is 9.59 Å². The number of unbranched alkanes of at least 4 members (excludes halogenated alkanes) is 2. The van der Waals surface area contributed by atoms with Crippen molar-refractivity contribution in [1.82, 2.24) is 0 Å². The molecule has 0 aliphatic heterocycles. The molecule has 0 aromatic heterocycles. The molecular formula is C26H32O4. The summed E-state index contributed by atoms with van der Waals surface area (Å²) in [5.74, 6) is -2.32. The van der Waals surface area contributed by atoms with Gasteiger partial charge in [-0.15, -0.1) is 0 Å². The Balaban J connectivity index is 0.000000375. The van der Waals surface area contributed by atoms with Crippen LogP contribution in [0.1, 0.15) is 82.5 Å². The largest absolute Gasteiger partial charge is 0.478 e. The van der Waals surface area contributed by atoms with Crippen molar-refractivity contribution in [1.29, 1.82) is 0 Å². The lowest BCUT2D eigenvalue weighted by Gasteiger charge is -2.14. The molecule has 0 unspecified atom stereocenters. The van der Waals surface area contributed by atoms with Gasteiger partial charge >= 0.3 is 11.9 Å². The molecule has 0 spiro atoms. The van der Waals surface area contributed by atoms with E-state index in [2.05, 4.69) is 20.1 Å². The fourth-order valence-electron chi connectivity index (χ4n) is 3.24. The van der Waals surface area contributed by atoms with E-state index in [-0.39, 0.29) is 11.1 Å². The minimum atomic E-state index is -1.18. The van der Waals surface area contributed by atoms with Crippen molar-refractivity contribution >= 4 is 24.1 Å². The van der Waals surface area contributed by atoms with Crippen molar-refractivity contribution in [3.63, 3.8) is 0 Å². The highest BCUT2D eigenvalue weighted by molar-refractivity contribution is 6.03. The van der Waals surface area contributed by atoms with E-state index in [0.29, 0.717) is 12.0 Å². The highest BCUT2D eigenvalue weighted by atomic mass is 16.4. The van der Waals surface area contributed by atoms with Crippen LogP contribution in [0, 0.1) is 0 Å². The summed E-state index contributed by atoms with van der Waals surface area (Å²) in [6, 6.07) is 11.2. The third-order valence-electron chi connectivity index (χ3n) is 4.87. The molecule has 0 aliphatic carbocycles. The van der Waals surface area contributed by atoms with Crippen molar-refractivity contribution in [2.45, 2.75) is 52.4 Å². The number of carboxylic acid groups (broad SMARTS) is 2. The van der Waals surface area contributed by atoms with Gasteiger partial charge in [0.05, 0.1) is 11.1 Å². The number of rotatable bonds is 10. The molecule has 2 aromatic rings. The number of aryl methyl sites for hydroxylation is 1. The monoisotopic (exact) mass is 408 g/mol. The first-order valence-electron chi connectivity index (χ1n) is 10.4. The van der Waals surface area contributed by atoms with Crippen LogP contribution >= 0.6 is 0 Å². The molecule has 0 aliphatic rings. The van der Waals surface area contributed by atoms with Crippen molar-refractivity contribution in [2.75, 3.05) is 0 Å². The lowest BCUT2D eigenvalue weighted by molar-refractivity contribution is 0.0650. The van der Waals surface area contributed by atoms with Gasteiger partial charge < -0.3 is 10.2 Å². The first-order chi connectivity index (χ1) is 14.4. The SMILES string of the molecule is C=Cc1ccccc1C=C.CCCCc1ccc(C(=O)O)c(C(=O)O)c1CCCC. The van der Waals surface area contributed by atoms with Crippen molar-refractivity contribution in [2.24, 2.45) is 0 Å². The maximum Gasteiger partial charge on any atom is 0.336 e. The van der Waals surface area contributed by atoms with E-state index >= 15 is 0 Å². The highest BCUT2D eigenvalue weighted by Crippen LogP contribution is 2.24. The van der Waals surface area contributed by atoms with E-state index in [9.17, 15) is 14.7 Å². The summed E-state index contributed by atoms with van der Waals surface area (Å²) in [4.78, 5) is 22.7. The minimum Gasteiger partial charge on any atom is -0.478 e. The predicted octanol–water partition coefficient (Wildman–Crippen LogP) is 6.74. The molecule has 160 valence electrons. The Morgan fingerprint density at radius 2 is 1.37 bits per heavy atom. The Labute approximate surface area is 179 Å². The summed E-state index contributed by atoms with van der Waals surface area (Å²) >= 11 is 0. The maximum atomic E-state index is 11.5. The number of carboxylic acids is 2. The Hall–Kier alpha value is -3.14. The lowest BCUT2D eigenvalue weighted by atomic mass is 9.90. The molecule has 0 heterocycles. The van der Waals surface area contributed by atoms with Gasteiger partial charge in [-0.2, -0.15) is 0 Å². The van der Waals surface area contributed by atoms with Crippen LogP contribution in [0.3, 0.4) is 0 Å². The van der Waals surface area contributed by atoms with Gasteiger partial charge in [0.15, 0.2) is 0 Å². The van der Waals surface area contributed by atoms with Crippen LogP contribution in [0.2, 0.25) is 0 Å². The minimum absolute atomic E-state index is 0.0282. The van der Waals surface area contributed by atoms with Gasteiger partial charge in [0.25, 0.3) is 0 Å². The molecule has 0 atom stereocenters. The van der Waals surface area contributed by atoms with E-state index in [4.69, 9.17) is 5.11 Å². The second kappa shape index (κ2) is 13.2. The van der Waals surface area contributed by atoms with Crippen LogP contribution in [-0.2, 0) is 12.8 Å². The molecule has 0 saturated carbocycles. The second-order valence-electron chi connectivity index (χ2n) is 6.98. The van der Waals surface area contributed by atoms with E-state index in [1.165, 1.54) is 6.07 Å². The zero-order chi connectivity index (χ0) is 22.5. The smallest absolute Gasteiger partial charge is 0.336 e. The average Bonchev–Trinajstić information content (AvgIpc) is 2.75. The van der Waals surface area contributed by atoms with E-state index in [0.717, 1.165) is 48.8 Å². The first kappa shape index (κ1) is 24.9. The van der Waals surface area contributed by atoms with Gasteiger partial charge in [0, 0.05) is 0 Å². The molecule has 2 aromatic carbocycles. The van der Waals surface area contributed by atoms with Crippen LogP contribution in [0.4, 0.5) is 0 Å². The van der Waals surface area contributed by atoms with Gasteiger partial charge in [-0.1, -0.05) is 82.3 Å². The number of aromatic carboxylic acids is 2. The molecule has 2 N–H and O–H groups in total. The zero-order valence-electron chi connectivity index (χ0n) is 18.0. The van der Waals surface area contributed by atoms with Crippen LogP contribution in [0.5, 0.6) is 0 Å². The van der Waals surface area contributed by atoms with E-state index in [1.54, 1.807) is 6.07 Å². The zero-order valence-corrected chi connectivity index (χ0v) is 18.0. The standard InChI is InChI=1S/C16H22O4.C10H10/c1-3-5-7-11-9-10-13(15(17)18)14(16(19)20)12(11)8-6-4-2;1-3-9-7-5-6-8-10(9)4-2/h9-10H,3-8H2,1-2H3,(H,17,18)(H,19,20);3-8H,1-2H2. The lowest BCUT2D eigenvalue weighted by Crippen LogP contribution is -2.14. The summed E-state index contributed by atoms with van der Waals surface area (Å²) in [5, 5.41) is 18.5. The number of hydrogen-bond acceptors (Lipinski definition) is 2. The van der Waals surface area contributed by atoms with E-state index < -0.39 is 11.9 Å². The predicted molar refractivity (Wildman–Crippen MR) is 124 cm³/mol. The Kier molecular flexibility index (Phi) is 10.9. The van der Waals surface area contributed by atoms with Crippen LogP contribution < -0.4 is 0 Å². The Bertz CT molecular complexity index is 854. The highest BCUT2D eigenvalue weighted by Gasteiger charge is 2.22. The maximum absolute atomic E-state index is 11.5. The average molecular weight is 409 g/mol. The van der Waals surface area contributed by atoms with Crippen molar-refractivity contribution in [3.8, 4) is 0 Å². The quantitative estimate of drug-likeness (QED) is 0.456. The third-order valence-corrected chi connectivity index (χ3v) is 4.87. The fourth-order valence-corrected chi connectivity index (χ4v) is 3.24. The summed E-state index contributed by atoms with van der Waals surface area (Å²) in [6.07, 6.45) is 8.90. The molecule has 0 saturated heterocycles. The van der Waals surface area contributed by atoms with Crippen LogP contribution in [0.15, 0.2) is 49.6 Å². The third kappa shape index (κ3) is 7.03. The number of carbonyl (C=O) groups is 2. The van der Waals surface area contributed by atoms with Crippen molar-refractivity contribution in [3.05, 3.63) is 82.9 Å². The summed E-state index contributed by atoms with van der Waals surface area (Å²) in [7, 11) is 0. The first-order valence-corrected chi connectivity index (χ1v) is 10.4. The normalized spacial score (nSPS) is 9.93. The topological polar surface area (TPSA) is 74.6 Å². The van der Waals surface area contributed by atoms with Gasteiger partial charge in [0.2, 0.25) is 0 Å². The van der Waals surface area contributed by atoms with Gasteiger partial charge in [0.1, 0.15) is 0 Å². The van der Waals surface area contributed by atoms with Crippen LogP contribution in [0.25, 0.3) is 12.2 Å². The van der Waals surface area contributed by atoms with E-state index in [1.807, 2.05) is 43.3 Å². The summed E-state index contributed by atoms with van der Waals surface area (Å²) in [6.45, 7) is 11.5. The summed E-state index contributed by atoms with van der Waals surface area (Å²) < 4.78 is 0. The molecular weight excluding hydrogens is 376 g/mol. The number of benzene rings is 2. The van der Waals surface area contributed by atoms with Crippen LogP contribution in [-0.4, -0.2) is 22.2 Å². The molecule has 0 bridgehead atoms. The fraction of sp³-hybridized carbons (Fsp3) is 0.308. The number of hydrogen-bond donors (Lipinski definition) is 2. The van der Waals surface area contributed by atoms with Gasteiger partial charge in [-0.05, 0) is 54.0 Å². The molecule has 0 fully saturated rings. The molecule has 4 heteroatoms. The molecule has 30 heavy (non-hydrogen) atoms. The molecule has 2 rings (SSSR count). The Morgan fingerprint density at radius 3 is 1.80 bits per heavy atom. The van der Waals surface area contributed by atoms with Gasteiger partial charge in [-0.3, -0.25) is 0 Å². The molecule has 0 radical (unpaired) electrons. The van der Waals surface area contributed by atoms with Crippen molar-refractivity contribution < 1.29 is 19.8 Å². The summed E-state index contributed by atoms with van der Waals surface area (Å²) in [5.41, 5.74) is 3.81. The molecule has 4 nitrogen and oxygen atoms in total.